The highest BCUT2D eigenvalue weighted by Crippen LogP contribution is 2.80. The number of fused-ring (bicyclic) bond motifs is 3. The van der Waals surface area contributed by atoms with Crippen LogP contribution in [-0.4, -0.2) is 24.8 Å². The van der Waals surface area contributed by atoms with Crippen LogP contribution in [0.3, 0.4) is 0 Å². The number of hydrogen-bond donors (Lipinski definition) is 0. The van der Waals surface area contributed by atoms with Crippen LogP contribution in [0.1, 0.15) is 40.7 Å². The molecule has 2 aromatic carbocycles. The van der Waals surface area contributed by atoms with E-state index in [1.54, 1.807) is 24.3 Å². The summed E-state index contributed by atoms with van der Waals surface area (Å²) in [6.07, 6.45) is 0.306. The molecular weight excluding hydrogens is 424 g/mol. The largest absolute Gasteiger partial charge is 0.468 e. The lowest BCUT2D eigenvalue weighted by Gasteiger charge is -2.22. The number of methoxy groups -OCH3 is 1. The van der Waals surface area contributed by atoms with Crippen LogP contribution in [0.15, 0.2) is 46.9 Å². The Morgan fingerprint density at radius 1 is 1.18 bits per heavy atom. The summed E-state index contributed by atoms with van der Waals surface area (Å²) in [7, 11) is 1.23. The molecule has 1 saturated carbocycles. The molecule has 4 rings (SSSR count). The molecule has 0 saturated heterocycles. The molecule has 0 unspecified atom stereocenters. The predicted molar refractivity (Wildman–Crippen MR) is 105 cm³/mol. The van der Waals surface area contributed by atoms with Gasteiger partial charge in [-0.1, -0.05) is 52.7 Å². The van der Waals surface area contributed by atoms with Gasteiger partial charge in [0.25, 0.3) is 0 Å². The zero-order valence-corrected chi connectivity index (χ0v) is 17.3. The maximum absolute atomic E-state index is 13.7. The van der Waals surface area contributed by atoms with Crippen LogP contribution in [0.4, 0.5) is 0 Å². The minimum absolute atomic E-state index is 0.241. The van der Waals surface area contributed by atoms with Gasteiger partial charge in [0.1, 0.15) is 5.75 Å². The van der Waals surface area contributed by atoms with Crippen LogP contribution >= 0.6 is 15.9 Å². The zero-order valence-electron chi connectivity index (χ0n) is 15.7. The van der Waals surface area contributed by atoms with E-state index in [1.807, 2.05) is 32.0 Å². The number of carbonyl (C=O) groups excluding carboxylic acids is 3. The quantitative estimate of drug-likeness (QED) is 0.307. The Kier molecular flexibility index (Phi) is 4.23. The van der Waals surface area contributed by atoms with Gasteiger partial charge in [-0.25, -0.2) is 0 Å². The number of rotatable bonds is 4. The summed E-state index contributed by atoms with van der Waals surface area (Å²) in [6, 6.07) is 12.4. The summed E-state index contributed by atoms with van der Waals surface area (Å²) < 4.78 is 11.3. The Labute approximate surface area is 171 Å². The van der Waals surface area contributed by atoms with Gasteiger partial charge in [-0.2, -0.15) is 0 Å². The molecule has 6 heteroatoms. The van der Waals surface area contributed by atoms with E-state index in [2.05, 4.69) is 15.9 Å². The van der Waals surface area contributed by atoms with Gasteiger partial charge in [0, 0.05) is 21.5 Å². The second-order valence-electron chi connectivity index (χ2n) is 7.32. The molecule has 0 amide bonds. The summed E-state index contributed by atoms with van der Waals surface area (Å²) in [5.41, 5.74) is -0.743. The van der Waals surface area contributed by atoms with Crippen LogP contribution in [0, 0.1) is 17.8 Å². The van der Waals surface area contributed by atoms with Crippen molar-refractivity contribution >= 4 is 33.7 Å². The van der Waals surface area contributed by atoms with E-state index in [0.29, 0.717) is 23.3 Å². The lowest BCUT2D eigenvalue weighted by molar-refractivity contribution is -0.160. The van der Waals surface area contributed by atoms with Crippen molar-refractivity contribution in [2.24, 2.45) is 10.8 Å². The minimum Gasteiger partial charge on any atom is -0.468 e. The summed E-state index contributed by atoms with van der Waals surface area (Å²) in [4.78, 5) is 39.7. The first-order valence-corrected chi connectivity index (χ1v) is 9.85. The molecule has 0 N–H and O–H groups in total. The van der Waals surface area contributed by atoms with E-state index in [9.17, 15) is 14.4 Å². The molecule has 2 aliphatic rings. The highest BCUT2D eigenvalue weighted by molar-refractivity contribution is 9.10. The topological polar surface area (TPSA) is 69.7 Å². The van der Waals surface area contributed by atoms with Crippen LogP contribution in [0.2, 0.25) is 0 Å². The zero-order chi connectivity index (χ0) is 20.3. The average molecular weight is 443 g/mol. The van der Waals surface area contributed by atoms with Gasteiger partial charge >= 0.3 is 11.9 Å². The molecule has 0 radical (unpaired) electrons. The third-order valence-corrected chi connectivity index (χ3v) is 6.63. The number of benzene rings is 2. The Morgan fingerprint density at radius 3 is 2.46 bits per heavy atom. The number of halogens is 1. The lowest BCUT2D eigenvalue weighted by Crippen LogP contribution is -2.40. The van der Waals surface area contributed by atoms with Crippen molar-refractivity contribution in [2.75, 3.05) is 7.11 Å². The Balaban J connectivity index is 1.95. The highest BCUT2D eigenvalue weighted by atomic mass is 79.9. The number of carbonyl (C=O) groups is 3. The van der Waals surface area contributed by atoms with Crippen LogP contribution in [-0.2, 0) is 14.3 Å². The standard InChI is InChI=1S/C22H19BrO5/c1-4-21(18(24)13-7-5-12(2)6-8-13)17-15-11-14(23)9-10-16(15)28-20(26)22(17,21)19(25)27-3/h5-11,17H,4H2,1-3H3/t17-,21+,22-/m0/s1. The van der Waals surface area contributed by atoms with Gasteiger partial charge in [0.15, 0.2) is 11.2 Å². The fourth-order valence-electron chi connectivity index (χ4n) is 4.81. The first-order valence-electron chi connectivity index (χ1n) is 9.06. The third kappa shape index (κ3) is 2.15. The number of ketones is 1. The average Bonchev–Trinajstić information content (AvgIpc) is 3.35. The number of aryl methyl sites for hydroxylation is 1. The molecule has 1 heterocycles. The van der Waals surface area contributed by atoms with Crippen molar-refractivity contribution in [2.45, 2.75) is 26.2 Å². The predicted octanol–water partition coefficient (Wildman–Crippen LogP) is 4.21. The second-order valence-corrected chi connectivity index (χ2v) is 8.24. The van der Waals surface area contributed by atoms with Crippen molar-refractivity contribution < 1.29 is 23.9 Å². The van der Waals surface area contributed by atoms with E-state index in [4.69, 9.17) is 9.47 Å². The monoisotopic (exact) mass is 442 g/mol. The summed E-state index contributed by atoms with van der Waals surface area (Å²) in [5.74, 6) is -1.93. The molecule has 144 valence electrons. The van der Waals surface area contributed by atoms with Gasteiger partial charge in [-0.05, 0) is 31.5 Å². The summed E-state index contributed by atoms with van der Waals surface area (Å²) >= 11 is 3.43. The van der Waals surface area contributed by atoms with Gasteiger partial charge in [-0.15, -0.1) is 0 Å². The molecular formula is C22H19BrO5. The van der Waals surface area contributed by atoms with Crippen molar-refractivity contribution in [1.82, 2.24) is 0 Å². The molecule has 3 atom stereocenters. The van der Waals surface area contributed by atoms with Crippen molar-refractivity contribution in [3.8, 4) is 5.75 Å². The van der Waals surface area contributed by atoms with Crippen LogP contribution < -0.4 is 4.74 Å². The number of esters is 2. The van der Waals surface area contributed by atoms with Crippen LogP contribution in [0.25, 0.3) is 0 Å². The normalized spacial score (nSPS) is 27.3. The van der Waals surface area contributed by atoms with Crippen LogP contribution in [0.5, 0.6) is 5.75 Å². The highest BCUT2D eigenvalue weighted by Gasteiger charge is 2.90. The van der Waals surface area contributed by atoms with Crippen molar-refractivity contribution in [3.63, 3.8) is 0 Å². The van der Waals surface area contributed by atoms with Crippen molar-refractivity contribution in [3.05, 3.63) is 63.6 Å². The minimum atomic E-state index is -1.66. The second kappa shape index (κ2) is 6.27. The van der Waals surface area contributed by atoms with E-state index in [0.717, 1.165) is 10.0 Å². The third-order valence-electron chi connectivity index (χ3n) is 6.14. The molecule has 1 aliphatic heterocycles. The summed E-state index contributed by atoms with van der Waals surface area (Å²) in [6.45, 7) is 3.75. The number of hydrogen-bond acceptors (Lipinski definition) is 5. The molecule has 0 spiro atoms. The van der Waals surface area contributed by atoms with E-state index in [-0.39, 0.29) is 5.78 Å². The summed E-state index contributed by atoms with van der Waals surface area (Å²) in [5, 5.41) is 0. The molecule has 1 aliphatic carbocycles. The van der Waals surface area contributed by atoms with E-state index in [1.165, 1.54) is 7.11 Å². The molecule has 1 fully saturated rings. The van der Waals surface area contributed by atoms with Gasteiger partial charge in [-0.3, -0.25) is 14.4 Å². The SMILES string of the molecule is CC[C@]1(C(=O)c2ccc(C)cc2)[C@@H]2c3cc(Br)ccc3OC(=O)[C@@]21C(=O)OC. The number of ether oxygens (including phenoxy) is 2. The fourth-order valence-corrected chi connectivity index (χ4v) is 5.19. The van der Waals surface area contributed by atoms with Gasteiger partial charge in [0.05, 0.1) is 12.5 Å². The maximum atomic E-state index is 13.7. The first-order chi connectivity index (χ1) is 13.3. The smallest absolute Gasteiger partial charge is 0.330 e. The lowest BCUT2D eigenvalue weighted by atomic mass is 9.83. The molecule has 28 heavy (non-hydrogen) atoms. The van der Waals surface area contributed by atoms with Crippen molar-refractivity contribution in [1.29, 1.82) is 0 Å². The Morgan fingerprint density at radius 2 is 1.86 bits per heavy atom. The molecule has 0 bridgehead atoms. The molecule has 0 aromatic heterocycles. The van der Waals surface area contributed by atoms with E-state index < -0.39 is 28.7 Å². The van der Waals surface area contributed by atoms with Gasteiger partial charge < -0.3 is 9.47 Å². The number of Topliss-reactive ketones (excluding diaryl/α,β-unsaturated/α-hetero) is 1. The Hall–Kier alpha value is -2.47. The maximum Gasteiger partial charge on any atom is 0.330 e. The Bertz CT molecular complexity index is 1010. The first kappa shape index (κ1) is 18.9. The molecule has 2 aromatic rings. The van der Waals surface area contributed by atoms with Gasteiger partial charge in [0.2, 0.25) is 0 Å². The fraction of sp³-hybridized carbons (Fsp3) is 0.318. The van der Waals surface area contributed by atoms with E-state index >= 15 is 0 Å². The molecule has 5 nitrogen and oxygen atoms in total.